The third-order valence-electron chi connectivity index (χ3n) is 2.23. The molecule has 1 aromatic rings. The summed E-state index contributed by atoms with van der Waals surface area (Å²) in [5.41, 5.74) is 5.61. The second-order valence-electron chi connectivity index (χ2n) is 3.85. The van der Waals surface area contributed by atoms with Crippen molar-refractivity contribution in [2.75, 3.05) is 5.75 Å². The van der Waals surface area contributed by atoms with Crippen LogP contribution in [0.4, 0.5) is 0 Å². The van der Waals surface area contributed by atoms with Crippen molar-refractivity contribution in [3.63, 3.8) is 0 Å². The van der Waals surface area contributed by atoms with Gasteiger partial charge < -0.3 is 16.0 Å². The van der Waals surface area contributed by atoms with E-state index in [0.29, 0.717) is 17.2 Å². The van der Waals surface area contributed by atoms with Gasteiger partial charge in [0.1, 0.15) is 0 Å². The molecule has 1 rings (SSSR count). The fourth-order valence-electron chi connectivity index (χ4n) is 1.09. The van der Waals surface area contributed by atoms with Gasteiger partial charge in [0.15, 0.2) is 16.6 Å². The molecule has 1 aromatic heterocycles. The zero-order valence-electron chi connectivity index (χ0n) is 9.70. The molecule has 8 heteroatoms. The molecule has 0 aliphatic carbocycles. The van der Waals surface area contributed by atoms with Crippen molar-refractivity contribution in [3.8, 4) is 0 Å². The van der Waals surface area contributed by atoms with E-state index in [0.717, 1.165) is 0 Å². The lowest BCUT2D eigenvalue weighted by molar-refractivity contribution is 0.122. The first-order valence-electron chi connectivity index (χ1n) is 5.17. The van der Waals surface area contributed by atoms with Crippen LogP contribution in [0, 0.1) is 5.92 Å². The third-order valence-corrected chi connectivity index (χ3v) is 3.21. The first-order chi connectivity index (χ1) is 8.06. The fourth-order valence-corrected chi connectivity index (χ4v) is 2.01. The normalized spacial score (nSPS) is 14.2. The number of amidine groups is 1. The summed E-state index contributed by atoms with van der Waals surface area (Å²) in [5.74, 6) is 0.729. The summed E-state index contributed by atoms with van der Waals surface area (Å²) in [5, 5.41) is 28.6. The fraction of sp³-hybridized carbons (Fsp3) is 0.667. The van der Waals surface area contributed by atoms with Crippen molar-refractivity contribution in [2.45, 2.75) is 31.4 Å². The first-order valence-corrected chi connectivity index (χ1v) is 6.16. The monoisotopic (exact) mass is 260 g/mol. The van der Waals surface area contributed by atoms with Gasteiger partial charge in [-0.2, -0.15) is 0 Å². The Kier molecular flexibility index (Phi) is 5.23. The lowest BCUT2D eigenvalue weighted by Crippen LogP contribution is -2.16. The number of nitrogens with zero attached hydrogens (tertiary/aromatic N) is 3. The number of aromatic nitrogens is 2. The zero-order chi connectivity index (χ0) is 12.8. The molecule has 1 atom stereocenters. The van der Waals surface area contributed by atoms with Gasteiger partial charge in [0.05, 0.1) is 6.10 Å². The van der Waals surface area contributed by atoms with Gasteiger partial charge in [-0.25, -0.2) is 4.63 Å². The molecule has 0 radical (unpaired) electrons. The highest BCUT2D eigenvalue weighted by Gasteiger charge is 2.16. The number of thioether (sulfide) groups is 1. The predicted octanol–water partition coefficient (Wildman–Crippen LogP) is 0.663. The second kappa shape index (κ2) is 6.45. The van der Waals surface area contributed by atoms with Crippen molar-refractivity contribution in [3.05, 3.63) is 5.69 Å². The van der Waals surface area contributed by atoms with E-state index in [9.17, 15) is 5.11 Å². The van der Waals surface area contributed by atoms with Crippen LogP contribution in [0.15, 0.2) is 14.8 Å². The topological polar surface area (TPSA) is 118 Å². The van der Waals surface area contributed by atoms with Crippen LogP contribution in [-0.4, -0.2) is 38.3 Å². The maximum Gasteiger partial charge on any atom is 0.195 e. The van der Waals surface area contributed by atoms with Crippen molar-refractivity contribution >= 4 is 17.6 Å². The first kappa shape index (κ1) is 13.8. The van der Waals surface area contributed by atoms with Crippen molar-refractivity contribution in [1.29, 1.82) is 0 Å². The van der Waals surface area contributed by atoms with Crippen LogP contribution < -0.4 is 5.73 Å². The lowest BCUT2D eigenvalue weighted by Gasteiger charge is -2.12. The van der Waals surface area contributed by atoms with Crippen molar-refractivity contribution in [2.24, 2.45) is 16.8 Å². The molecule has 0 bridgehead atoms. The largest absolute Gasteiger partial charge is 0.409 e. The quantitative estimate of drug-likeness (QED) is 0.226. The molecule has 0 aromatic carbocycles. The second-order valence-corrected chi connectivity index (χ2v) is 4.94. The van der Waals surface area contributed by atoms with Crippen LogP contribution in [0.3, 0.4) is 0 Å². The molecule has 0 spiro atoms. The highest BCUT2D eigenvalue weighted by Crippen LogP contribution is 2.21. The Morgan fingerprint density at radius 2 is 2.24 bits per heavy atom. The number of aliphatic hydroxyl groups is 1. The van der Waals surface area contributed by atoms with Gasteiger partial charge in [0, 0.05) is 5.75 Å². The number of rotatable bonds is 6. The van der Waals surface area contributed by atoms with Gasteiger partial charge in [-0.05, 0) is 22.7 Å². The molecule has 96 valence electrons. The molecule has 1 heterocycles. The molecule has 0 aliphatic rings. The van der Waals surface area contributed by atoms with Gasteiger partial charge in [-0.15, -0.1) is 11.8 Å². The summed E-state index contributed by atoms with van der Waals surface area (Å²) < 4.78 is 4.52. The zero-order valence-corrected chi connectivity index (χ0v) is 10.5. The van der Waals surface area contributed by atoms with Gasteiger partial charge >= 0.3 is 0 Å². The Labute approximate surface area is 103 Å². The molecule has 1 unspecified atom stereocenters. The Hall–Kier alpha value is -1.28. The number of hydrogen-bond donors (Lipinski definition) is 3. The number of hydrogen-bond acceptors (Lipinski definition) is 7. The van der Waals surface area contributed by atoms with E-state index in [1.807, 2.05) is 13.8 Å². The molecule has 0 aliphatic heterocycles. The minimum Gasteiger partial charge on any atom is -0.409 e. The summed E-state index contributed by atoms with van der Waals surface area (Å²) in [7, 11) is 0. The van der Waals surface area contributed by atoms with Gasteiger partial charge in [0.2, 0.25) is 0 Å². The molecule has 0 amide bonds. The molecule has 0 saturated carbocycles. The minimum atomic E-state index is -0.352. The van der Waals surface area contributed by atoms with E-state index in [-0.39, 0.29) is 23.6 Å². The third kappa shape index (κ3) is 3.90. The van der Waals surface area contributed by atoms with E-state index in [1.54, 1.807) is 0 Å². The average Bonchev–Trinajstić information content (AvgIpc) is 2.76. The summed E-state index contributed by atoms with van der Waals surface area (Å²) in [6, 6.07) is 0. The standard InChI is InChI=1S/C9H16N4O3S/c1-5(2)6(14)3-4-17-9-7(8(10)11-15)12-16-13-9/h5-6,14-15H,3-4H2,1-2H3,(H2,10,11). The Bertz CT molecular complexity index is 380. The smallest absolute Gasteiger partial charge is 0.195 e. The van der Waals surface area contributed by atoms with E-state index < -0.39 is 0 Å². The summed E-state index contributed by atoms with van der Waals surface area (Å²) >= 11 is 1.34. The van der Waals surface area contributed by atoms with Crippen LogP contribution in [-0.2, 0) is 0 Å². The average molecular weight is 260 g/mol. The van der Waals surface area contributed by atoms with Crippen molar-refractivity contribution in [1.82, 2.24) is 10.3 Å². The van der Waals surface area contributed by atoms with Gasteiger partial charge in [0.25, 0.3) is 0 Å². The van der Waals surface area contributed by atoms with Crippen LogP contribution >= 0.6 is 11.8 Å². The van der Waals surface area contributed by atoms with Crippen LogP contribution in [0.5, 0.6) is 0 Å². The highest BCUT2D eigenvalue weighted by atomic mass is 32.2. The SMILES string of the molecule is CC(C)C(O)CCSc1nonc1/C(N)=N/O. The predicted molar refractivity (Wildman–Crippen MR) is 63.0 cm³/mol. The van der Waals surface area contributed by atoms with E-state index in [2.05, 4.69) is 20.1 Å². The van der Waals surface area contributed by atoms with Crippen molar-refractivity contribution < 1.29 is 14.9 Å². The Balaban J connectivity index is 2.50. The Morgan fingerprint density at radius 3 is 2.82 bits per heavy atom. The molecular weight excluding hydrogens is 244 g/mol. The number of nitrogens with two attached hydrogens (primary N) is 1. The van der Waals surface area contributed by atoms with E-state index >= 15 is 0 Å². The van der Waals surface area contributed by atoms with Gasteiger partial charge in [-0.3, -0.25) is 0 Å². The number of aliphatic hydroxyl groups excluding tert-OH is 1. The highest BCUT2D eigenvalue weighted by molar-refractivity contribution is 7.99. The maximum absolute atomic E-state index is 9.62. The molecule has 0 fully saturated rings. The summed E-state index contributed by atoms with van der Waals surface area (Å²) in [6.07, 6.45) is 0.278. The number of oxime groups is 1. The minimum absolute atomic E-state index is 0.141. The Morgan fingerprint density at radius 1 is 1.53 bits per heavy atom. The lowest BCUT2D eigenvalue weighted by atomic mass is 10.1. The summed E-state index contributed by atoms with van der Waals surface area (Å²) in [6.45, 7) is 3.91. The van der Waals surface area contributed by atoms with Crippen LogP contribution in [0.1, 0.15) is 26.0 Å². The van der Waals surface area contributed by atoms with E-state index in [4.69, 9.17) is 10.9 Å². The van der Waals surface area contributed by atoms with Crippen LogP contribution in [0.2, 0.25) is 0 Å². The molecule has 17 heavy (non-hydrogen) atoms. The molecule has 4 N–H and O–H groups in total. The van der Waals surface area contributed by atoms with Crippen LogP contribution in [0.25, 0.3) is 0 Å². The molecule has 7 nitrogen and oxygen atoms in total. The van der Waals surface area contributed by atoms with E-state index in [1.165, 1.54) is 11.8 Å². The molecular formula is C9H16N4O3S. The summed E-state index contributed by atoms with van der Waals surface area (Å²) in [4.78, 5) is 0. The maximum atomic E-state index is 9.62. The van der Waals surface area contributed by atoms with Gasteiger partial charge in [-0.1, -0.05) is 19.0 Å². The molecule has 0 saturated heterocycles.